The molecule has 1 aromatic carbocycles. The highest BCUT2D eigenvalue weighted by Gasteiger charge is 2.28. The Balaban J connectivity index is 2.12. The molecule has 0 bridgehead atoms. The minimum absolute atomic E-state index is 0.303. The molecule has 0 aliphatic heterocycles. The van der Waals surface area contributed by atoms with Crippen LogP contribution >= 0.6 is 0 Å². The Morgan fingerprint density at radius 3 is 2.36 bits per heavy atom. The molecule has 0 unspecified atom stereocenters. The number of nitrogens with one attached hydrogen (secondary N) is 2. The lowest BCUT2D eigenvalue weighted by molar-refractivity contribution is 0.220. The maximum atomic E-state index is 14.7. The fourth-order valence-corrected chi connectivity index (χ4v) is 4.70. The summed E-state index contributed by atoms with van der Waals surface area (Å²) < 4.78 is 14.7. The van der Waals surface area contributed by atoms with Gasteiger partial charge in [-0.2, -0.15) is 0 Å². The van der Waals surface area contributed by atoms with Gasteiger partial charge in [0.1, 0.15) is 5.83 Å². The van der Waals surface area contributed by atoms with Gasteiger partial charge in [0.25, 0.3) is 0 Å². The molecule has 1 fully saturated rings. The molecule has 1 aliphatic rings. The minimum atomic E-state index is -0.303. The molecule has 0 heterocycles. The van der Waals surface area contributed by atoms with Gasteiger partial charge in [0.2, 0.25) is 0 Å². The van der Waals surface area contributed by atoms with Crippen molar-refractivity contribution in [2.45, 2.75) is 86.1 Å². The number of hydrogen-bond acceptors (Lipinski definition) is 3. The molecule has 1 aromatic rings. The van der Waals surface area contributed by atoms with Crippen LogP contribution in [0.25, 0.3) is 5.57 Å². The highest BCUT2D eigenvalue weighted by atomic mass is 19.1. The first-order valence-electron chi connectivity index (χ1n) is 14.3. The highest BCUT2D eigenvalue weighted by Crippen LogP contribution is 2.32. The van der Waals surface area contributed by atoms with Crippen LogP contribution in [0.5, 0.6) is 0 Å². The maximum Gasteiger partial charge on any atom is 0.146 e. The lowest BCUT2D eigenvalue weighted by Crippen LogP contribution is -2.40. The van der Waals surface area contributed by atoms with E-state index < -0.39 is 0 Å². The summed E-state index contributed by atoms with van der Waals surface area (Å²) in [6, 6.07) is 9.06. The molecule has 0 spiro atoms. The molecule has 0 radical (unpaired) electrons. The van der Waals surface area contributed by atoms with Gasteiger partial charge in [0.15, 0.2) is 0 Å². The monoisotopic (exact) mass is 529 g/mol. The van der Waals surface area contributed by atoms with Crippen molar-refractivity contribution in [3.63, 3.8) is 0 Å². The van der Waals surface area contributed by atoms with Crippen LogP contribution in [-0.4, -0.2) is 12.3 Å². The summed E-state index contributed by atoms with van der Waals surface area (Å²) in [6.07, 6.45) is 17.3. The van der Waals surface area contributed by atoms with E-state index in [9.17, 15) is 4.39 Å². The number of halogens is 1. The Morgan fingerprint density at radius 2 is 1.77 bits per heavy atom. The summed E-state index contributed by atoms with van der Waals surface area (Å²) in [5.41, 5.74) is 7.14. The highest BCUT2D eigenvalue weighted by molar-refractivity contribution is 5.74. The lowest BCUT2D eigenvalue weighted by atomic mass is 9.77. The lowest BCUT2D eigenvalue weighted by Gasteiger charge is -2.37. The van der Waals surface area contributed by atoms with Crippen molar-refractivity contribution in [1.82, 2.24) is 10.6 Å². The van der Waals surface area contributed by atoms with E-state index in [4.69, 9.17) is 0 Å². The first-order valence-corrected chi connectivity index (χ1v) is 14.3. The third kappa shape index (κ3) is 10.4. The molecule has 4 heteroatoms. The number of aliphatic imine (C=N–C) groups is 1. The van der Waals surface area contributed by atoms with Gasteiger partial charge in [0.05, 0.1) is 11.4 Å². The second kappa shape index (κ2) is 16.5. The second-order valence-electron chi connectivity index (χ2n) is 10.3. The zero-order valence-electron chi connectivity index (χ0n) is 24.9. The summed E-state index contributed by atoms with van der Waals surface area (Å²) in [7, 11) is 0. The van der Waals surface area contributed by atoms with E-state index in [0.717, 1.165) is 52.6 Å². The standard InChI is InChI=1S/C35H48FN3/c1-9-13-16-33(36)34(15-11-3)39-28(8)27(7)35(37-12-4)21-25(5)31-19-17-29(18-20-31)22-26(6)38-32-23-30(24-32)14-10-2/h11-13,15-21,30,32,38-39H,5-6,9-10,14,22-24H2,1-4,7-8H3/b15-11-,16-13+,28-27+,34-33-,35-21+,37-12?. The van der Waals surface area contributed by atoms with Gasteiger partial charge >= 0.3 is 0 Å². The van der Waals surface area contributed by atoms with Gasteiger partial charge in [-0.15, -0.1) is 0 Å². The van der Waals surface area contributed by atoms with Crippen molar-refractivity contribution in [3.8, 4) is 0 Å². The zero-order chi connectivity index (χ0) is 28.8. The Kier molecular flexibility index (Phi) is 13.5. The predicted octanol–water partition coefficient (Wildman–Crippen LogP) is 9.51. The van der Waals surface area contributed by atoms with Crippen LogP contribution in [0.3, 0.4) is 0 Å². The van der Waals surface area contributed by atoms with Gasteiger partial charge in [-0.25, -0.2) is 4.39 Å². The van der Waals surface area contributed by atoms with Gasteiger partial charge in [-0.1, -0.05) is 76.3 Å². The van der Waals surface area contributed by atoms with Gasteiger partial charge in [-0.05, 0) is 93.4 Å². The van der Waals surface area contributed by atoms with E-state index in [-0.39, 0.29) is 5.83 Å². The van der Waals surface area contributed by atoms with Crippen molar-refractivity contribution >= 4 is 11.8 Å². The van der Waals surface area contributed by atoms with Crippen LogP contribution in [0, 0.1) is 5.92 Å². The molecule has 1 aliphatic carbocycles. The average molecular weight is 530 g/mol. The van der Waals surface area contributed by atoms with Crippen LogP contribution in [0.1, 0.15) is 84.8 Å². The summed E-state index contributed by atoms with van der Waals surface area (Å²) in [5.74, 6) is 0.580. The maximum absolute atomic E-state index is 14.7. The predicted molar refractivity (Wildman–Crippen MR) is 169 cm³/mol. The van der Waals surface area contributed by atoms with Crippen molar-refractivity contribution in [1.29, 1.82) is 0 Å². The SMILES string of the molecule is C=C(Cc1ccc(C(=C)/C=C(N=CC)\C(C)=C(/C)NC(/C=C\C)=C(F)/C=C/CC)cc1)NC1CC(CCC)C1. The first-order chi connectivity index (χ1) is 18.7. The van der Waals surface area contributed by atoms with E-state index in [1.807, 2.05) is 46.8 Å². The van der Waals surface area contributed by atoms with E-state index in [1.165, 1.54) is 37.3 Å². The normalized spacial score (nSPS) is 19.2. The number of nitrogens with zero attached hydrogens (tertiary/aromatic N) is 1. The van der Waals surface area contributed by atoms with Crippen LogP contribution in [-0.2, 0) is 6.42 Å². The van der Waals surface area contributed by atoms with Gasteiger partial charge in [0, 0.05) is 30.1 Å². The quantitative estimate of drug-likeness (QED) is 0.175. The summed E-state index contributed by atoms with van der Waals surface area (Å²) >= 11 is 0. The molecule has 0 saturated heterocycles. The van der Waals surface area contributed by atoms with E-state index >= 15 is 0 Å². The minimum Gasteiger partial charge on any atom is -0.386 e. The van der Waals surface area contributed by atoms with Gasteiger partial charge < -0.3 is 10.6 Å². The molecular weight excluding hydrogens is 481 g/mol. The average Bonchev–Trinajstić information content (AvgIpc) is 2.89. The number of rotatable bonds is 15. The molecule has 0 aromatic heterocycles. The molecule has 2 rings (SSSR count). The van der Waals surface area contributed by atoms with E-state index in [1.54, 1.807) is 18.4 Å². The molecule has 2 N–H and O–H groups in total. The van der Waals surface area contributed by atoms with Crippen LogP contribution < -0.4 is 10.6 Å². The first kappa shape index (κ1) is 31.8. The Labute approximate surface area is 236 Å². The van der Waals surface area contributed by atoms with Crippen molar-refractivity contribution in [3.05, 3.63) is 113 Å². The summed E-state index contributed by atoms with van der Waals surface area (Å²) in [6.45, 7) is 20.5. The van der Waals surface area contributed by atoms with Crippen molar-refractivity contribution in [2.75, 3.05) is 0 Å². The van der Waals surface area contributed by atoms with Crippen molar-refractivity contribution in [2.24, 2.45) is 10.9 Å². The van der Waals surface area contributed by atoms with E-state index in [2.05, 4.69) is 60.0 Å². The number of benzene rings is 1. The molecule has 210 valence electrons. The Bertz CT molecular complexity index is 1150. The molecular formula is C35H48FN3. The Hall–Kier alpha value is -3.40. The van der Waals surface area contributed by atoms with E-state index in [0.29, 0.717) is 11.7 Å². The summed E-state index contributed by atoms with van der Waals surface area (Å²) in [4.78, 5) is 4.59. The van der Waals surface area contributed by atoms with Gasteiger partial charge in [-0.3, -0.25) is 4.99 Å². The largest absolute Gasteiger partial charge is 0.386 e. The van der Waals surface area contributed by atoms with Crippen LogP contribution in [0.15, 0.2) is 107 Å². The third-order valence-corrected chi connectivity index (χ3v) is 7.02. The topological polar surface area (TPSA) is 36.4 Å². The van der Waals surface area contributed by atoms with Crippen LogP contribution in [0.4, 0.5) is 4.39 Å². The molecule has 0 atom stereocenters. The molecule has 0 amide bonds. The molecule has 1 saturated carbocycles. The van der Waals surface area contributed by atoms with Crippen LogP contribution in [0.2, 0.25) is 0 Å². The molecule has 3 nitrogen and oxygen atoms in total. The zero-order valence-corrected chi connectivity index (χ0v) is 24.9. The number of allylic oxidation sites excluding steroid dienone is 10. The van der Waals surface area contributed by atoms with Crippen molar-refractivity contribution < 1.29 is 4.39 Å². The third-order valence-electron chi connectivity index (χ3n) is 7.02. The second-order valence-corrected chi connectivity index (χ2v) is 10.3. The fraction of sp³-hybridized carbons (Fsp3) is 0.400. The fourth-order valence-electron chi connectivity index (χ4n) is 4.70. The number of hydrogen-bond donors (Lipinski definition) is 2. The molecule has 39 heavy (non-hydrogen) atoms. The Morgan fingerprint density at radius 1 is 1.08 bits per heavy atom. The smallest absolute Gasteiger partial charge is 0.146 e. The summed E-state index contributed by atoms with van der Waals surface area (Å²) in [5, 5.41) is 6.83.